The number of carbonyl (C=O) groups excluding carboxylic acids is 2. The Labute approximate surface area is 234 Å². The smallest absolute Gasteiger partial charge is 0.307 e. The van der Waals surface area contributed by atoms with E-state index in [-0.39, 0.29) is 23.4 Å². The number of aliphatic carboxylic acids is 1. The van der Waals surface area contributed by atoms with Crippen molar-refractivity contribution in [2.45, 2.75) is 19.3 Å². The number of benzene rings is 3. The Kier molecular flexibility index (Phi) is 7.23. The van der Waals surface area contributed by atoms with E-state index >= 15 is 4.39 Å². The molecule has 1 amide bonds. The average Bonchev–Trinajstić information content (AvgIpc) is 3.65. The standard InChI is InChI=1S/C31H28FN3O6/c32-24-16-20(18-4-6-19(7-5-18)28(36)22-2-1-3-23(22)30(38)39)8-10-25(24)33-31-34-26-11-9-21(17-27(26)41-31)29(37)35-12-14-40-15-13-35/h4-11,16-17,22-23H,1-3,12-15H2,(H,33,34)(H,38,39)/t22-,23-/m0/s1. The summed E-state index contributed by atoms with van der Waals surface area (Å²) in [7, 11) is 0. The van der Waals surface area contributed by atoms with Crippen molar-refractivity contribution in [1.82, 2.24) is 9.88 Å². The van der Waals surface area contributed by atoms with Gasteiger partial charge in [0.2, 0.25) is 0 Å². The molecule has 1 saturated carbocycles. The number of carbonyl (C=O) groups is 3. The highest BCUT2D eigenvalue weighted by atomic mass is 19.1. The number of halogens is 1. The molecule has 6 rings (SSSR count). The third kappa shape index (κ3) is 5.43. The quantitative estimate of drug-likeness (QED) is 0.284. The zero-order valence-electron chi connectivity index (χ0n) is 22.1. The predicted octanol–water partition coefficient (Wildman–Crippen LogP) is 5.53. The Hall–Kier alpha value is -4.57. The third-order valence-electron chi connectivity index (χ3n) is 7.82. The molecule has 1 aliphatic heterocycles. The Bertz CT molecular complexity index is 1630. The number of amides is 1. The van der Waals surface area contributed by atoms with E-state index < -0.39 is 23.6 Å². The summed E-state index contributed by atoms with van der Waals surface area (Å²) >= 11 is 0. The molecule has 2 fully saturated rings. The maximum absolute atomic E-state index is 15.1. The van der Waals surface area contributed by atoms with Crippen LogP contribution in [0.1, 0.15) is 40.0 Å². The van der Waals surface area contributed by atoms with E-state index in [2.05, 4.69) is 10.3 Å². The van der Waals surface area contributed by atoms with Gasteiger partial charge in [0.05, 0.1) is 24.8 Å². The Balaban J connectivity index is 1.15. The first-order chi connectivity index (χ1) is 19.9. The molecule has 0 unspecified atom stereocenters. The molecule has 1 aromatic heterocycles. The lowest BCUT2D eigenvalue weighted by molar-refractivity contribution is -0.142. The molecule has 0 spiro atoms. The van der Waals surface area contributed by atoms with Gasteiger partial charge in [-0.15, -0.1) is 0 Å². The number of hydrogen-bond donors (Lipinski definition) is 2. The summed E-state index contributed by atoms with van der Waals surface area (Å²) in [6, 6.07) is 16.6. The summed E-state index contributed by atoms with van der Waals surface area (Å²) in [6.45, 7) is 2.08. The van der Waals surface area contributed by atoms with Crippen LogP contribution in [0.4, 0.5) is 16.1 Å². The molecule has 10 heteroatoms. The summed E-state index contributed by atoms with van der Waals surface area (Å²) in [6.07, 6.45) is 1.82. The van der Waals surface area contributed by atoms with Crippen LogP contribution in [0.25, 0.3) is 22.2 Å². The van der Waals surface area contributed by atoms with Crippen LogP contribution in [-0.2, 0) is 9.53 Å². The first-order valence-electron chi connectivity index (χ1n) is 13.6. The zero-order chi connectivity index (χ0) is 28.5. The predicted molar refractivity (Wildman–Crippen MR) is 149 cm³/mol. The van der Waals surface area contributed by atoms with Crippen LogP contribution in [0, 0.1) is 17.7 Å². The first kappa shape index (κ1) is 26.6. The number of ether oxygens (including phenoxy) is 1. The van der Waals surface area contributed by atoms with Gasteiger partial charge in [-0.1, -0.05) is 36.8 Å². The van der Waals surface area contributed by atoms with Gasteiger partial charge >= 0.3 is 5.97 Å². The molecule has 1 aliphatic carbocycles. The fourth-order valence-corrected chi connectivity index (χ4v) is 5.58. The number of rotatable bonds is 7. The van der Waals surface area contributed by atoms with Gasteiger partial charge in [0.25, 0.3) is 11.9 Å². The number of nitrogens with one attached hydrogen (secondary N) is 1. The lowest BCUT2D eigenvalue weighted by Gasteiger charge is -2.26. The largest absolute Gasteiger partial charge is 0.481 e. The van der Waals surface area contributed by atoms with Gasteiger partial charge in [-0.05, 0) is 54.3 Å². The van der Waals surface area contributed by atoms with E-state index in [1.807, 2.05) is 0 Å². The first-order valence-corrected chi connectivity index (χ1v) is 13.6. The van der Waals surface area contributed by atoms with E-state index in [0.717, 1.165) is 6.42 Å². The number of fused-ring (bicyclic) bond motifs is 1. The van der Waals surface area contributed by atoms with Gasteiger partial charge in [-0.3, -0.25) is 14.4 Å². The highest BCUT2D eigenvalue weighted by molar-refractivity contribution is 6.00. The van der Waals surface area contributed by atoms with Crippen molar-refractivity contribution in [2.24, 2.45) is 11.8 Å². The minimum atomic E-state index is -0.928. The molecule has 0 bridgehead atoms. The molecule has 2 N–H and O–H groups in total. The van der Waals surface area contributed by atoms with Crippen LogP contribution in [-0.4, -0.2) is 59.0 Å². The van der Waals surface area contributed by atoms with E-state index in [1.54, 1.807) is 59.5 Å². The average molecular weight is 558 g/mol. The second-order valence-corrected chi connectivity index (χ2v) is 10.3. The summed E-state index contributed by atoms with van der Waals surface area (Å²) in [4.78, 5) is 43.3. The van der Waals surface area contributed by atoms with Crippen LogP contribution in [0.3, 0.4) is 0 Å². The van der Waals surface area contributed by atoms with Gasteiger partial charge in [-0.2, -0.15) is 4.98 Å². The number of hydrogen-bond acceptors (Lipinski definition) is 7. The van der Waals surface area contributed by atoms with Crippen LogP contribution in [0.5, 0.6) is 0 Å². The van der Waals surface area contributed by atoms with Crippen molar-refractivity contribution >= 4 is 40.5 Å². The molecule has 210 valence electrons. The SMILES string of the molecule is O=C(O)[C@H]1CCC[C@@H]1C(=O)c1ccc(-c2ccc(Nc3nc4ccc(C(=O)N5CCOCC5)cc4o3)c(F)c2)cc1. The minimum absolute atomic E-state index is 0.0945. The highest BCUT2D eigenvalue weighted by Gasteiger charge is 2.37. The number of oxazole rings is 1. The summed E-state index contributed by atoms with van der Waals surface area (Å²) < 4.78 is 26.2. The van der Waals surface area contributed by atoms with E-state index in [0.29, 0.717) is 72.5 Å². The molecule has 1 saturated heterocycles. The van der Waals surface area contributed by atoms with Crippen LogP contribution >= 0.6 is 0 Å². The summed E-state index contributed by atoms with van der Waals surface area (Å²) in [5.74, 6) is -2.88. The zero-order valence-corrected chi connectivity index (χ0v) is 22.1. The number of carboxylic acid groups (broad SMARTS) is 1. The maximum Gasteiger partial charge on any atom is 0.307 e. The lowest BCUT2D eigenvalue weighted by Crippen LogP contribution is -2.40. The molecule has 0 radical (unpaired) electrons. The number of ketones is 1. The fourth-order valence-electron chi connectivity index (χ4n) is 5.58. The molecule has 2 heterocycles. The van der Waals surface area contributed by atoms with E-state index in [9.17, 15) is 19.5 Å². The van der Waals surface area contributed by atoms with Crippen molar-refractivity contribution < 1.29 is 33.0 Å². The number of anilines is 2. The van der Waals surface area contributed by atoms with Gasteiger partial charge < -0.3 is 24.5 Å². The number of nitrogens with zero attached hydrogens (tertiary/aromatic N) is 2. The Morgan fingerprint density at radius 3 is 2.34 bits per heavy atom. The molecule has 9 nitrogen and oxygen atoms in total. The van der Waals surface area contributed by atoms with E-state index in [4.69, 9.17) is 9.15 Å². The van der Waals surface area contributed by atoms with Gasteiger partial charge in [0.15, 0.2) is 11.4 Å². The fraction of sp³-hybridized carbons (Fsp3) is 0.290. The molecule has 3 aromatic carbocycles. The third-order valence-corrected chi connectivity index (χ3v) is 7.82. The van der Waals surface area contributed by atoms with Crippen molar-refractivity contribution in [3.05, 3.63) is 77.6 Å². The van der Waals surface area contributed by atoms with Crippen molar-refractivity contribution in [2.75, 3.05) is 31.6 Å². The van der Waals surface area contributed by atoms with Gasteiger partial charge in [0.1, 0.15) is 11.3 Å². The molecule has 2 aliphatic rings. The molecular formula is C31H28FN3O6. The molecule has 4 aromatic rings. The Morgan fingerprint density at radius 2 is 1.61 bits per heavy atom. The van der Waals surface area contributed by atoms with Crippen molar-refractivity contribution in [3.63, 3.8) is 0 Å². The van der Waals surface area contributed by atoms with Gasteiger partial charge in [-0.25, -0.2) is 4.39 Å². The van der Waals surface area contributed by atoms with Crippen molar-refractivity contribution in [1.29, 1.82) is 0 Å². The monoisotopic (exact) mass is 557 g/mol. The van der Waals surface area contributed by atoms with Crippen LogP contribution in [0.2, 0.25) is 0 Å². The summed E-state index contributed by atoms with van der Waals surface area (Å²) in [5, 5.41) is 12.3. The Morgan fingerprint density at radius 1 is 0.902 bits per heavy atom. The number of Topliss-reactive ketones (excluding diaryl/α,β-unsaturated/α-hetero) is 1. The number of morpholine rings is 1. The van der Waals surface area contributed by atoms with E-state index in [1.165, 1.54) is 6.07 Å². The second kappa shape index (κ2) is 11.1. The highest BCUT2D eigenvalue weighted by Crippen LogP contribution is 2.35. The lowest BCUT2D eigenvalue weighted by atomic mass is 9.88. The number of carboxylic acids is 1. The molecule has 41 heavy (non-hydrogen) atoms. The van der Waals surface area contributed by atoms with Crippen LogP contribution < -0.4 is 5.32 Å². The normalized spacial score (nSPS) is 18.9. The van der Waals surface area contributed by atoms with Crippen LogP contribution in [0.15, 0.2) is 65.1 Å². The maximum atomic E-state index is 15.1. The van der Waals surface area contributed by atoms with Gasteiger partial charge in [0, 0.05) is 30.1 Å². The minimum Gasteiger partial charge on any atom is -0.481 e. The van der Waals surface area contributed by atoms with Crippen molar-refractivity contribution in [3.8, 4) is 11.1 Å². The number of aromatic nitrogens is 1. The molecule has 2 atom stereocenters. The second-order valence-electron chi connectivity index (χ2n) is 10.3. The summed E-state index contributed by atoms with van der Waals surface area (Å²) in [5.41, 5.74) is 3.37. The topological polar surface area (TPSA) is 122 Å². The molecular weight excluding hydrogens is 529 g/mol.